The summed E-state index contributed by atoms with van der Waals surface area (Å²) in [5.41, 5.74) is -1.08. The molecule has 23 heavy (non-hydrogen) atoms. The number of nitrogens with one attached hydrogen (secondary N) is 1. The Morgan fingerprint density at radius 1 is 1.39 bits per heavy atom. The summed E-state index contributed by atoms with van der Waals surface area (Å²) < 4.78 is 51.8. The summed E-state index contributed by atoms with van der Waals surface area (Å²) in [6, 6.07) is 1.15. The Bertz CT molecular complexity index is 708. The van der Waals surface area contributed by atoms with Gasteiger partial charge in [0.05, 0.1) is 11.3 Å². The van der Waals surface area contributed by atoms with Crippen LogP contribution in [0.4, 0.5) is 8.78 Å². The second-order valence-corrected chi connectivity index (χ2v) is 9.92. The molecular formula is C15H19F2NO3S2. The molecule has 1 saturated carbocycles. The van der Waals surface area contributed by atoms with Crippen LogP contribution in [0.25, 0.3) is 0 Å². The second kappa shape index (κ2) is 5.81. The van der Waals surface area contributed by atoms with Crippen LogP contribution in [0, 0.1) is 5.41 Å². The van der Waals surface area contributed by atoms with Crippen molar-refractivity contribution in [1.82, 2.24) is 5.32 Å². The highest BCUT2D eigenvalue weighted by Crippen LogP contribution is 2.45. The molecule has 4 nitrogen and oxygen atoms in total. The van der Waals surface area contributed by atoms with Crippen molar-refractivity contribution in [3.63, 3.8) is 0 Å². The molecule has 1 aliphatic carbocycles. The summed E-state index contributed by atoms with van der Waals surface area (Å²) in [7, 11) is -3.38. The number of hydrogen-bond acceptors (Lipinski definition) is 4. The van der Waals surface area contributed by atoms with Gasteiger partial charge in [0.25, 0.3) is 6.43 Å². The van der Waals surface area contributed by atoms with Crippen molar-refractivity contribution in [3.05, 3.63) is 17.0 Å². The van der Waals surface area contributed by atoms with Crippen LogP contribution in [0.15, 0.2) is 15.7 Å². The zero-order valence-electron chi connectivity index (χ0n) is 12.7. The maximum atomic E-state index is 13.5. The Morgan fingerprint density at radius 3 is 2.65 bits per heavy atom. The lowest BCUT2D eigenvalue weighted by molar-refractivity contribution is -0.141. The van der Waals surface area contributed by atoms with Crippen LogP contribution in [0.2, 0.25) is 0 Å². The van der Waals surface area contributed by atoms with Crippen LogP contribution in [0.5, 0.6) is 0 Å². The number of thiophene rings is 1. The molecule has 2 aliphatic rings. The monoisotopic (exact) mass is 363 g/mol. The lowest BCUT2D eigenvalue weighted by atomic mass is 9.85. The fraction of sp³-hybridized carbons (Fsp3) is 0.667. The van der Waals surface area contributed by atoms with Gasteiger partial charge in [0.1, 0.15) is 9.62 Å². The van der Waals surface area contributed by atoms with Crippen LogP contribution in [-0.4, -0.2) is 26.0 Å². The molecule has 2 atom stereocenters. The van der Waals surface area contributed by atoms with Crippen molar-refractivity contribution < 1.29 is 22.0 Å². The van der Waals surface area contributed by atoms with Crippen molar-refractivity contribution in [2.75, 3.05) is 0 Å². The zero-order chi connectivity index (χ0) is 16.8. The van der Waals surface area contributed by atoms with E-state index in [1.54, 1.807) is 18.4 Å². The predicted octanol–water partition coefficient (Wildman–Crippen LogP) is 3.30. The van der Waals surface area contributed by atoms with Crippen molar-refractivity contribution >= 4 is 27.1 Å². The highest BCUT2D eigenvalue weighted by atomic mass is 32.2. The first kappa shape index (κ1) is 16.8. The van der Waals surface area contributed by atoms with Gasteiger partial charge in [-0.25, -0.2) is 17.2 Å². The molecule has 0 aromatic carbocycles. The van der Waals surface area contributed by atoms with E-state index in [2.05, 4.69) is 5.32 Å². The average molecular weight is 363 g/mol. The molecule has 0 bridgehead atoms. The Kier molecular flexibility index (Phi) is 4.25. The Balaban J connectivity index is 1.88. The SMILES string of the molecule is C[C@H]1C[C@H](NC(=O)C2(C(F)F)CCCC2)c2ccsc2S1(=O)=O. The van der Waals surface area contributed by atoms with Gasteiger partial charge in [-0.1, -0.05) is 12.8 Å². The van der Waals surface area contributed by atoms with E-state index in [-0.39, 0.29) is 23.5 Å². The number of alkyl halides is 2. The first-order chi connectivity index (χ1) is 10.8. The molecule has 128 valence electrons. The number of fused-ring (bicyclic) bond motifs is 1. The molecule has 1 fully saturated rings. The standard InChI is InChI=1S/C15H19F2NO3S2/c1-9-8-11(10-4-7-22-12(10)23(9,20)21)18-14(19)15(13(16)17)5-2-3-6-15/h4,7,9,11,13H,2-3,5-6,8H2,1H3,(H,18,19)/t9-,11-/m0/s1. The first-order valence-electron chi connectivity index (χ1n) is 7.69. The van der Waals surface area contributed by atoms with E-state index in [1.807, 2.05) is 0 Å². The Morgan fingerprint density at radius 2 is 2.04 bits per heavy atom. The minimum absolute atomic E-state index is 0.188. The average Bonchev–Trinajstić information content (AvgIpc) is 3.15. The Hall–Kier alpha value is -1.02. The molecule has 8 heteroatoms. The normalized spacial score (nSPS) is 28.5. The second-order valence-electron chi connectivity index (χ2n) is 6.44. The van der Waals surface area contributed by atoms with Crippen LogP contribution in [-0.2, 0) is 14.6 Å². The number of carbonyl (C=O) groups is 1. The van der Waals surface area contributed by atoms with Gasteiger partial charge in [0.2, 0.25) is 5.91 Å². The van der Waals surface area contributed by atoms with Crippen LogP contribution >= 0.6 is 11.3 Å². The number of amides is 1. The van der Waals surface area contributed by atoms with Gasteiger partial charge in [0.15, 0.2) is 9.84 Å². The van der Waals surface area contributed by atoms with Gasteiger partial charge in [0, 0.05) is 5.56 Å². The fourth-order valence-corrected chi connectivity index (χ4v) is 6.78. The summed E-state index contributed by atoms with van der Waals surface area (Å²) in [5.74, 6) is -0.640. The minimum atomic E-state index is -3.38. The summed E-state index contributed by atoms with van der Waals surface area (Å²) >= 11 is 1.12. The molecule has 0 saturated heterocycles. The summed E-state index contributed by atoms with van der Waals surface area (Å²) in [4.78, 5) is 12.5. The van der Waals surface area contributed by atoms with E-state index >= 15 is 0 Å². The lowest BCUT2D eigenvalue weighted by Crippen LogP contribution is -2.47. The Labute approximate surface area is 138 Å². The summed E-state index contributed by atoms with van der Waals surface area (Å²) in [5, 5.41) is 3.75. The molecule has 1 aliphatic heterocycles. The number of carbonyl (C=O) groups excluding carboxylic acids is 1. The van der Waals surface area contributed by atoms with Crippen LogP contribution < -0.4 is 5.32 Å². The van der Waals surface area contributed by atoms with E-state index in [1.165, 1.54) is 0 Å². The molecule has 0 spiro atoms. The third-order valence-corrected chi connectivity index (χ3v) is 8.77. The molecule has 0 unspecified atom stereocenters. The van der Waals surface area contributed by atoms with E-state index in [0.29, 0.717) is 18.4 Å². The third kappa shape index (κ3) is 2.59. The number of halogens is 2. The van der Waals surface area contributed by atoms with Gasteiger partial charge in [-0.15, -0.1) is 11.3 Å². The topological polar surface area (TPSA) is 63.2 Å². The quantitative estimate of drug-likeness (QED) is 0.896. The van der Waals surface area contributed by atoms with Gasteiger partial charge in [-0.2, -0.15) is 0 Å². The maximum Gasteiger partial charge on any atom is 0.252 e. The molecule has 2 heterocycles. The predicted molar refractivity (Wildman–Crippen MR) is 83.4 cm³/mol. The summed E-state index contributed by atoms with van der Waals surface area (Å²) in [6.45, 7) is 1.59. The van der Waals surface area contributed by atoms with E-state index in [9.17, 15) is 22.0 Å². The maximum absolute atomic E-state index is 13.5. The number of rotatable bonds is 3. The lowest BCUT2D eigenvalue weighted by Gasteiger charge is -2.32. The fourth-order valence-electron chi connectivity index (χ4n) is 3.55. The van der Waals surface area contributed by atoms with Crippen LogP contribution in [0.3, 0.4) is 0 Å². The largest absolute Gasteiger partial charge is 0.349 e. The number of hydrogen-bond donors (Lipinski definition) is 1. The van der Waals surface area contributed by atoms with Crippen molar-refractivity contribution in [2.24, 2.45) is 5.41 Å². The minimum Gasteiger partial charge on any atom is -0.349 e. The van der Waals surface area contributed by atoms with Gasteiger partial charge in [-0.3, -0.25) is 4.79 Å². The van der Waals surface area contributed by atoms with Gasteiger partial charge in [-0.05, 0) is 37.6 Å². The number of sulfone groups is 1. The summed E-state index contributed by atoms with van der Waals surface area (Å²) in [6.07, 6.45) is -0.858. The van der Waals surface area contributed by atoms with Gasteiger partial charge < -0.3 is 5.32 Å². The van der Waals surface area contributed by atoms with Crippen molar-refractivity contribution in [3.8, 4) is 0 Å². The highest BCUT2D eigenvalue weighted by molar-refractivity contribution is 7.94. The molecule has 1 aromatic rings. The van der Waals surface area contributed by atoms with Crippen LogP contribution in [0.1, 0.15) is 50.6 Å². The molecule has 1 N–H and O–H groups in total. The first-order valence-corrected chi connectivity index (χ1v) is 10.1. The van der Waals surface area contributed by atoms with Gasteiger partial charge >= 0.3 is 0 Å². The van der Waals surface area contributed by atoms with E-state index in [0.717, 1.165) is 11.3 Å². The highest BCUT2D eigenvalue weighted by Gasteiger charge is 2.50. The van der Waals surface area contributed by atoms with Crippen molar-refractivity contribution in [1.29, 1.82) is 0 Å². The molecule has 1 aromatic heterocycles. The van der Waals surface area contributed by atoms with Crippen molar-refractivity contribution in [2.45, 2.75) is 61.0 Å². The third-order valence-electron chi connectivity index (χ3n) is 5.06. The molecular weight excluding hydrogens is 344 g/mol. The zero-order valence-corrected chi connectivity index (χ0v) is 14.4. The smallest absolute Gasteiger partial charge is 0.252 e. The molecule has 3 rings (SSSR count). The molecule has 1 amide bonds. The molecule has 0 radical (unpaired) electrons. The van der Waals surface area contributed by atoms with E-state index in [4.69, 9.17) is 0 Å². The van der Waals surface area contributed by atoms with E-state index < -0.39 is 38.9 Å².